The Hall–Kier alpha value is -0.830. The Balaban J connectivity index is 2.06. The molecular formula is C10H18N2O. The van der Waals surface area contributed by atoms with Crippen LogP contribution in [0.2, 0.25) is 0 Å². The highest BCUT2D eigenvalue weighted by atomic mass is 16.5. The van der Waals surface area contributed by atoms with Crippen molar-refractivity contribution in [2.75, 3.05) is 13.2 Å². The first kappa shape index (κ1) is 10.3. The maximum Gasteiger partial charge on any atom is 0.0949 e. The summed E-state index contributed by atoms with van der Waals surface area (Å²) in [6.45, 7) is 6.79. The molecule has 0 spiro atoms. The summed E-state index contributed by atoms with van der Waals surface area (Å²) in [4.78, 5) is 4.16. The van der Waals surface area contributed by atoms with Gasteiger partial charge in [0.1, 0.15) is 0 Å². The van der Waals surface area contributed by atoms with E-state index in [-0.39, 0.29) is 0 Å². The zero-order valence-electron chi connectivity index (χ0n) is 8.49. The molecule has 0 N–H and O–H groups in total. The van der Waals surface area contributed by atoms with Crippen LogP contribution in [0.1, 0.15) is 25.5 Å². The van der Waals surface area contributed by atoms with Crippen LogP contribution in [0, 0.1) is 6.92 Å². The lowest BCUT2D eigenvalue weighted by atomic mass is 10.3. The molecule has 0 unspecified atom stereocenters. The second-order valence-corrected chi connectivity index (χ2v) is 3.16. The number of hydrogen-bond acceptors (Lipinski definition) is 2. The summed E-state index contributed by atoms with van der Waals surface area (Å²) in [6.07, 6.45) is 6.25. The Morgan fingerprint density at radius 3 is 2.92 bits per heavy atom. The summed E-state index contributed by atoms with van der Waals surface area (Å²) in [5.41, 5.74) is 1.09. The van der Waals surface area contributed by atoms with Crippen molar-refractivity contribution >= 4 is 0 Å². The Morgan fingerprint density at radius 2 is 2.31 bits per heavy atom. The van der Waals surface area contributed by atoms with Gasteiger partial charge >= 0.3 is 0 Å². The van der Waals surface area contributed by atoms with Crippen LogP contribution in [0.25, 0.3) is 0 Å². The Kier molecular flexibility index (Phi) is 4.54. The molecule has 0 aromatic carbocycles. The lowest BCUT2D eigenvalue weighted by molar-refractivity contribution is 0.142. The van der Waals surface area contributed by atoms with E-state index >= 15 is 0 Å². The van der Waals surface area contributed by atoms with E-state index in [1.54, 1.807) is 0 Å². The lowest BCUT2D eigenvalue weighted by Gasteiger charge is -2.02. The number of ether oxygens (including phenoxy) is 1. The molecule has 0 atom stereocenters. The molecule has 0 aliphatic rings. The first-order valence-corrected chi connectivity index (χ1v) is 4.89. The summed E-state index contributed by atoms with van der Waals surface area (Å²) in [6, 6.07) is 0. The quantitative estimate of drug-likeness (QED) is 0.629. The monoisotopic (exact) mass is 182 g/mol. The van der Waals surface area contributed by atoms with Crippen molar-refractivity contribution in [2.45, 2.75) is 33.2 Å². The summed E-state index contributed by atoms with van der Waals surface area (Å²) in [7, 11) is 0. The Morgan fingerprint density at radius 1 is 1.46 bits per heavy atom. The molecule has 1 aromatic heterocycles. The third kappa shape index (κ3) is 4.08. The third-order valence-corrected chi connectivity index (χ3v) is 1.92. The minimum atomic E-state index is 0.824. The van der Waals surface area contributed by atoms with Crippen LogP contribution in [0.4, 0.5) is 0 Å². The van der Waals surface area contributed by atoms with Gasteiger partial charge in [-0.25, -0.2) is 4.98 Å². The number of imidazole rings is 1. The van der Waals surface area contributed by atoms with E-state index in [9.17, 15) is 0 Å². The van der Waals surface area contributed by atoms with Crippen LogP contribution in [-0.2, 0) is 11.3 Å². The van der Waals surface area contributed by atoms with Gasteiger partial charge in [-0.05, 0) is 26.7 Å². The van der Waals surface area contributed by atoms with Crippen LogP contribution >= 0.6 is 0 Å². The van der Waals surface area contributed by atoms with Crippen LogP contribution in [-0.4, -0.2) is 22.8 Å². The molecule has 3 nitrogen and oxygen atoms in total. The van der Waals surface area contributed by atoms with Crippen molar-refractivity contribution in [3.8, 4) is 0 Å². The summed E-state index contributed by atoms with van der Waals surface area (Å²) < 4.78 is 7.38. The molecule has 0 bridgehead atoms. The molecule has 0 saturated heterocycles. The molecule has 3 heteroatoms. The van der Waals surface area contributed by atoms with Crippen molar-refractivity contribution in [1.82, 2.24) is 9.55 Å². The van der Waals surface area contributed by atoms with E-state index in [0.29, 0.717) is 0 Å². The largest absolute Gasteiger partial charge is 0.382 e. The van der Waals surface area contributed by atoms with E-state index in [1.807, 2.05) is 20.2 Å². The number of nitrogens with zero attached hydrogens (tertiary/aromatic N) is 2. The molecule has 1 heterocycles. The minimum absolute atomic E-state index is 0.824. The molecule has 74 valence electrons. The normalized spacial score (nSPS) is 10.6. The van der Waals surface area contributed by atoms with Gasteiger partial charge in [0.2, 0.25) is 0 Å². The maximum atomic E-state index is 5.25. The highest BCUT2D eigenvalue weighted by Gasteiger charge is 1.93. The summed E-state index contributed by atoms with van der Waals surface area (Å²) >= 11 is 0. The summed E-state index contributed by atoms with van der Waals surface area (Å²) in [5.74, 6) is 0. The number of hydrogen-bond donors (Lipinski definition) is 0. The van der Waals surface area contributed by atoms with Gasteiger partial charge in [-0.15, -0.1) is 0 Å². The minimum Gasteiger partial charge on any atom is -0.382 e. The number of aromatic nitrogens is 2. The van der Waals surface area contributed by atoms with E-state index in [2.05, 4.69) is 15.7 Å². The second-order valence-electron chi connectivity index (χ2n) is 3.16. The van der Waals surface area contributed by atoms with Gasteiger partial charge in [0.05, 0.1) is 12.0 Å². The van der Waals surface area contributed by atoms with Crippen LogP contribution in [0.5, 0.6) is 0 Å². The average Bonchev–Trinajstić information content (AvgIpc) is 2.51. The fourth-order valence-electron chi connectivity index (χ4n) is 1.24. The zero-order chi connectivity index (χ0) is 9.52. The van der Waals surface area contributed by atoms with E-state index in [0.717, 1.165) is 38.3 Å². The average molecular weight is 182 g/mol. The molecule has 1 aromatic rings. The van der Waals surface area contributed by atoms with Crippen molar-refractivity contribution in [2.24, 2.45) is 0 Å². The van der Waals surface area contributed by atoms with Crippen LogP contribution in [0.3, 0.4) is 0 Å². The second kappa shape index (κ2) is 5.75. The molecule has 0 amide bonds. The zero-order valence-corrected chi connectivity index (χ0v) is 8.49. The van der Waals surface area contributed by atoms with E-state index < -0.39 is 0 Å². The highest BCUT2D eigenvalue weighted by Crippen LogP contribution is 1.98. The standard InChI is InChI=1S/C10H18N2O/c1-3-13-7-5-4-6-12-8-10(2)11-9-12/h8-9H,3-7H2,1-2H3. The molecule has 0 aliphatic carbocycles. The van der Waals surface area contributed by atoms with E-state index in [1.165, 1.54) is 0 Å². The van der Waals surface area contributed by atoms with Gasteiger partial charge in [-0.3, -0.25) is 0 Å². The smallest absolute Gasteiger partial charge is 0.0949 e. The first-order chi connectivity index (χ1) is 6.33. The van der Waals surface area contributed by atoms with Crippen molar-refractivity contribution < 1.29 is 4.74 Å². The SMILES string of the molecule is CCOCCCCn1cnc(C)c1. The molecule has 0 radical (unpaired) electrons. The topological polar surface area (TPSA) is 27.1 Å². The number of aryl methyl sites for hydroxylation is 2. The van der Waals surface area contributed by atoms with Gasteiger partial charge in [0.25, 0.3) is 0 Å². The van der Waals surface area contributed by atoms with Gasteiger partial charge in [0.15, 0.2) is 0 Å². The molecule has 13 heavy (non-hydrogen) atoms. The maximum absolute atomic E-state index is 5.25. The molecule has 0 fully saturated rings. The predicted molar refractivity (Wildman–Crippen MR) is 52.7 cm³/mol. The van der Waals surface area contributed by atoms with Crippen LogP contribution < -0.4 is 0 Å². The fourth-order valence-corrected chi connectivity index (χ4v) is 1.24. The summed E-state index contributed by atoms with van der Waals surface area (Å²) in [5, 5.41) is 0. The molecular weight excluding hydrogens is 164 g/mol. The van der Waals surface area contributed by atoms with E-state index in [4.69, 9.17) is 4.74 Å². The van der Waals surface area contributed by atoms with Gasteiger partial charge in [0, 0.05) is 26.0 Å². The fraction of sp³-hybridized carbons (Fsp3) is 0.700. The molecule has 0 aliphatic heterocycles. The number of unbranched alkanes of at least 4 members (excludes halogenated alkanes) is 1. The van der Waals surface area contributed by atoms with Gasteiger partial charge in [-0.1, -0.05) is 0 Å². The van der Waals surface area contributed by atoms with Crippen molar-refractivity contribution in [3.63, 3.8) is 0 Å². The first-order valence-electron chi connectivity index (χ1n) is 4.89. The molecule has 0 saturated carbocycles. The predicted octanol–water partition coefficient (Wildman–Crippen LogP) is 2.01. The lowest BCUT2D eigenvalue weighted by Crippen LogP contribution is -1.98. The highest BCUT2D eigenvalue weighted by molar-refractivity contribution is 4.91. The van der Waals surface area contributed by atoms with Crippen molar-refractivity contribution in [3.05, 3.63) is 18.2 Å². The number of rotatable bonds is 6. The third-order valence-electron chi connectivity index (χ3n) is 1.92. The van der Waals surface area contributed by atoms with Gasteiger partial charge in [-0.2, -0.15) is 0 Å². The van der Waals surface area contributed by atoms with Crippen LogP contribution in [0.15, 0.2) is 12.5 Å². The Bertz CT molecular complexity index is 233. The van der Waals surface area contributed by atoms with Crippen molar-refractivity contribution in [1.29, 1.82) is 0 Å². The van der Waals surface area contributed by atoms with Gasteiger partial charge < -0.3 is 9.30 Å². The molecule has 1 rings (SSSR count). The Labute approximate surface area is 79.7 Å².